The zero-order valence-electron chi connectivity index (χ0n) is 19.5. The summed E-state index contributed by atoms with van der Waals surface area (Å²) in [5, 5.41) is 11.9. The van der Waals surface area contributed by atoms with E-state index in [1.165, 1.54) is 11.1 Å². The van der Waals surface area contributed by atoms with Gasteiger partial charge in [0.1, 0.15) is 6.61 Å². The van der Waals surface area contributed by atoms with E-state index in [1.54, 1.807) is 4.90 Å². The number of fused-ring (bicyclic) bond motifs is 3. The third-order valence-electron chi connectivity index (χ3n) is 7.32. The number of hydrogen-bond acceptors (Lipinski definition) is 5. The Hall–Kier alpha value is -3.39. The Morgan fingerprint density at radius 2 is 1.74 bits per heavy atom. The van der Waals surface area contributed by atoms with Crippen LogP contribution in [0.15, 0.2) is 48.5 Å². The van der Waals surface area contributed by atoms with Crippen molar-refractivity contribution in [1.29, 1.82) is 0 Å². The van der Waals surface area contributed by atoms with Gasteiger partial charge in [-0.15, -0.1) is 0 Å². The summed E-state index contributed by atoms with van der Waals surface area (Å²) in [6.07, 6.45) is 1.24. The number of nitrogens with one attached hydrogen (secondary N) is 1. The molecule has 1 aliphatic carbocycles. The lowest BCUT2D eigenvalue weighted by molar-refractivity contribution is -0.141. The van der Waals surface area contributed by atoms with Gasteiger partial charge in [-0.2, -0.15) is 0 Å². The average Bonchev–Trinajstić information content (AvgIpc) is 3.59. The van der Waals surface area contributed by atoms with E-state index in [2.05, 4.69) is 29.6 Å². The molecule has 3 atom stereocenters. The normalized spacial score (nSPS) is 23.1. The van der Waals surface area contributed by atoms with Gasteiger partial charge in [0.2, 0.25) is 5.91 Å². The summed E-state index contributed by atoms with van der Waals surface area (Å²) in [5.41, 5.74) is 4.67. The first-order valence-electron chi connectivity index (χ1n) is 12.2. The van der Waals surface area contributed by atoms with Crippen molar-refractivity contribution in [3.63, 3.8) is 0 Å². The molecular weight excluding hydrogens is 448 g/mol. The molecule has 35 heavy (non-hydrogen) atoms. The summed E-state index contributed by atoms with van der Waals surface area (Å²) in [7, 11) is 0. The zero-order valence-corrected chi connectivity index (χ0v) is 19.5. The maximum Gasteiger partial charge on any atom is 0.407 e. The third-order valence-corrected chi connectivity index (χ3v) is 7.32. The largest absolute Gasteiger partial charge is 0.481 e. The third kappa shape index (κ3) is 4.89. The lowest BCUT2D eigenvalue weighted by Crippen LogP contribution is -2.41. The van der Waals surface area contributed by atoms with Crippen molar-refractivity contribution in [3.05, 3.63) is 59.7 Å². The number of carboxylic acids is 1. The van der Waals surface area contributed by atoms with E-state index < -0.39 is 12.1 Å². The zero-order chi connectivity index (χ0) is 24.4. The van der Waals surface area contributed by atoms with Gasteiger partial charge in [-0.3, -0.25) is 9.59 Å². The molecule has 2 amide bonds. The van der Waals surface area contributed by atoms with E-state index in [1.807, 2.05) is 24.3 Å². The first-order valence-corrected chi connectivity index (χ1v) is 12.2. The predicted octanol–water partition coefficient (Wildman–Crippen LogP) is 3.40. The molecule has 2 heterocycles. The number of carbonyl (C=O) groups excluding carboxylic acids is 2. The quantitative estimate of drug-likeness (QED) is 0.632. The smallest absolute Gasteiger partial charge is 0.407 e. The number of rotatable bonds is 7. The number of nitrogens with zero attached hydrogens (tertiary/aromatic N) is 1. The van der Waals surface area contributed by atoms with Crippen molar-refractivity contribution in [2.24, 2.45) is 5.92 Å². The van der Waals surface area contributed by atoms with Gasteiger partial charge in [-0.1, -0.05) is 48.5 Å². The number of hydrogen-bond donors (Lipinski definition) is 2. The predicted molar refractivity (Wildman–Crippen MR) is 128 cm³/mol. The second-order valence-electron chi connectivity index (χ2n) is 9.52. The SMILES string of the molecule is O=C(O)C[C@@H]1CCCN1C(=O)[C@@H]1CO[C@H](CNC(=O)OCC2c3ccccc3-c3ccccc32)C1. The maximum atomic E-state index is 12.9. The van der Waals surface area contributed by atoms with E-state index in [-0.39, 0.29) is 56.1 Å². The average molecular weight is 479 g/mol. The summed E-state index contributed by atoms with van der Waals surface area (Å²) >= 11 is 0. The van der Waals surface area contributed by atoms with Crippen LogP contribution in [0.1, 0.15) is 42.7 Å². The lowest BCUT2D eigenvalue weighted by Gasteiger charge is -2.26. The molecule has 2 aromatic rings. The van der Waals surface area contributed by atoms with Gasteiger partial charge in [0.05, 0.1) is 25.0 Å². The van der Waals surface area contributed by atoms with Crippen molar-refractivity contribution in [2.75, 3.05) is 26.3 Å². The topological polar surface area (TPSA) is 105 Å². The van der Waals surface area contributed by atoms with Crippen LogP contribution in [0.3, 0.4) is 0 Å². The van der Waals surface area contributed by atoms with Crippen molar-refractivity contribution >= 4 is 18.0 Å². The molecule has 0 aromatic heterocycles. The van der Waals surface area contributed by atoms with Crippen molar-refractivity contribution in [1.82, 2.24) is 10.2 Å². The molecule has 0 bridgehead atoms. The highest BCUT2D eigenvalue weighted by molar-refractivity contribution is 5.81. The Morgan fingerprint density at radius 3 is 2.43 bits per heavy atom. The van der Waals surface area contributed by atoms with Crippen LogP contribution in [-0.4, -0.2) is 66.4 Å². The van der Waals surface area contributed by atoms with Gasteiger partial charge < -0.3 is 24.8 Å². The molecule has 0 spiro atoms. The minimum absolute atomic E-state index is 0.00269. The van der Waals surface area contributed by atoms with Crippen LogP contribution in [-0.2, 0) is 19.1 Å². The fourth-order valence-electron chi connectivity index (χ4n) is 5.64. The van der Waals surface area contributed by atoms with Crippen LogP contribution in [0.2, 0.25) is 0 Å². The van der Waals surface area contributed by atoms with Crippen LogP contribution < -0.4 is 5.32 Å². The summed E-state index contributed by atoms with van der Waals surface area (Å²) in [6, 6.07) is 16.1. The van der Waals surface area contributed by atoms with Crippen LogP contribution in [0.5, 0.6) is 0 Å². The molecule has 2 N–H and O–H groups in total. The van der Waals surface area contributed by atoms with E-state index in [0.29, 0.717) is 13.0 Å². The van der Waals surface area contributed by atoms with Crippen LogP contribution in [0.25, 0.3) is 11.1 Å². The Bertz CT molecular complexity index is 1070. The van der Waals surface area contributed by atoms with E-state index in [9.17, 15) is 14.4 Å². The molecular formula is C27H30N2O6. The molecule has 0 unspecified atom stereocenters. The molecule has 2 fully saturated rings. The van der Waals surface area contributed by atoms with Crippen molar-refractivity contribution < 1.29 is 29.0 Å². The highest BCUT2D eigenvalue weighted by Crippen LogP contribution is 2.44. The van der Waals surface area contributed by atoms with Gasteiger partial charge in [0.25, 0.3) is 0 Å². The van der Waals surface area contributed by atoms with Crippen LogP contribution in [0.4, 0.5) is 4.79 Å². The number of carbonyl (C=O) groups is 3. The van der Waals surface area contributed by atoms with Crippen molar-refractivity contribution in [2.45, 2.75) is 43.7 Å². The number of ether oxygens (including phenoxy) is 2. The fraction of sp³-hybridized carbons (Fsp3) is 0.444. The van der Waals surface area contributed by atoms with Gasteiger partial charge in [0, 0.05) is 25.0 Å². The number of likely N-dealkylation sites (tertiary alicyclic amines) is 1. The monoisotopic (exact) mass is 478 g/mol. The number of amides is 2. The molecule has 2 saturated heterocycles. The maximum absolute atomic E-state index is 12.9. The van der Waals surface area contributed by atoms with E-state index in [0.717, 1.165) is 24.0 Å². The second-order valence-corrected chi connectivity index (χ2v) is 9.52. The molecule has 0 saturated carbocycles. The molecule has 3 aliphatic rings. The summed E-state index contributed by atoms with van der Waals surface area (Å²) in [6.45, 7) is 1.38. The van der Waals surface area contributed by atoms with Gasteiger partial charge in [-0.05, 0) is 41.5 Å². The number of aliphatic carboxylic acids is 1. The second kappa shape index (κ2) is 10.1. The Balaban J connectivity index is 1.10. The molecule has 0 radical (unpaired) electrons. The first-order chi connectivity index (χ1) is 17.0. The standard InChI is InChI=1S/C27H30N2O6/c30-25(31)13-18-6-5-11-29(18)26(32)17-12-19(34-15-17)14-28-27(33)35-16-24-22-9-3-1-7-20(22)21-8-2-4-10-23(21)24/h1-4,7-10,17-19,24H,5-6,11-16H2,(H,28,33)(H,30,31)/t17-,18-,19-/m0/s1. The molecule has 5 rings (SSSR count). The number of carboxylic acid groups (broad SMARTS) is 1. The molecule has 2 aliphatic heterocycles. The Kier molecular flexibility index (Phi) is 6.72. The highest BCUT2D eigenvalue weighted by Gasteiger charge is 2.38. The fourth-order valence-corrected chi connectivity index (χ4v) is 5.64. The van der Waals surface area contributed by atoms with Crippen molar-refractivity contribution in [3.8, 4) is 11.1 Å². The minimum Gasteiger partial charge on any atom is -0.481 e. The van der Waals surface area contributed by atoms with Gasteiger partial charge >= 0.3 is 12.1 Å². The van der Waals surface area contributed by atoms with E-state index >= 15 is 0 Å². The first kappa shape index (κ1) is 23.4. The Morgan fingerprint density at radius 1 is 1.06 bits per heavy atom. The minimum atomic E-state index is -0.887. The molecule has 184 valence electrons. The van der Waals surface area contributed by atoms with Crippen LogP contribution >= 0.6 is 0 Å². The number of alkyl carbamates (subject to hydrolysis) is 1. The molecule has 2 aromatic carbocycles. The Labute approximate surface area is 204 Å². The molecule has 8 nitrogen and oxygen atoms in total. The summed E-state index contributed by atoms with van der Waals surface area (Å²) in [4.78, 5) is 38.1. The van der Waals surface area contributed by atoms with Gasteiger partial charge in [0.15, 0.2) is 0 Å². The lowest BCUT2D eigenvalue weighted by atomic mass is 9.98. The molecule has 8 heteroatoms. The summed E-state index contributed by atoms with van der Waals surface area (Å²) < 4.78 is 11.3. The van der Waals surface area contributed by atoms with E-state index in [4.69, 9.17) is 14.6 Å². The van der Waals surface area contributed by atoms with Gasteiger partial charge in [-0.25, -0.2) is 4.79 Å². The number of benzene rings is 2. The summed E-state index contributed by atoms with van der Waals surface area (Å²) in [5.74, 6) is -1.24. The highest BCUT2D eigenvalue weighted by atomic mass is 16.5. The van der Waals surface area contributed by atoms with Crippen LogP contribution in [0, 0.1) is 5.92 Å².